The van der Waals surface area contributed by atoms with Crippen LogP contribution in [0.4, 0.5) is 0 Å². The number of carbonyl (C=O) groups is 1. The third kappa shape index (κ3) is 3.16. The molecule has 2 aromatic rings. The zero-order chi connectivity index (χ0) is 16.4. The molecule has 1 heterocycles. The molecule has 5 heteroatoms. The quantitative estimate of drug-likeness (QED) is 0.813. The van der Waals surface area contributed by atoms with Gasteiger partial charge in [0.05, 0.1) is 17.7 Å². The van der Waals surface area contributed by atoms with Crippen LogP contribution in [0.25, 0.3) is 0 Å². The van der Waals surface area contributed by atoms with Crippen LogP contribution in [0.2, 0.25) is 0 Å². The molecule has 1 aromatic carbocycles. The SMILES string of the molecule is CO[C@@H](C)c1nc(CN(C)C(=O)C2(c3ccccc3)CC2)cs1. The molecule has 0 unspecified atom stereocenters. The Hall–Kier alpha value is -1.72. The van der Waals surface area contributed by atoms with Crippen LogP contribution in [-0.4, -0.2) is 29.9 Å². The summed E-state index contributed by atoms with van der Waals surface area (Å²) < 4.78 is 5.29. The van der Waals surface area contributed by atoms with Gasteiger partial charge >= 0.3 is 0 Å². The van der Waals surface area contributed by atoms with Crippen molar-refractivity contribution in [3.8, 4) is 0 Å². The number of ether oxygens (including phenoxy) is 1. The van der Waals surface area contributed by atoms with E-state index in [4.69, 9.17) is 4.74 Å². The van der Waals surface area contributed by atoms with Gasteiger partial charge in [0.2, 0.25) is 5.91 Å². The molecule has 1 amide bonds. The molecule has 3 rings (SSSR count). The second-order valence-electron chi connectivity index (χ2n) is 6.16. The second kappa shape index (κ2) is 6.42. The van der Waals surface area contributed by atoms with Crippen LogP contribution in [0.5, 0.6) is 0 Å². The topological polar surface area (TPSA) is 42.4 Å². The van der Waals surface area contributed by atoms with E-state index in [1.807, 2.05) is 37.6 Å². The Labute approximate surface area is 141 Å². The van der Waals surface area contributed by atoms with E-state index in [-0.39, 0.29) is 17.4 Å². The van der Waals surface area contributed by atoms with E-state index in [9.17, 15) is 4.79 Å². The Morgan fingerprint density at radius 2 is 2.09 bits per heavy atom. The highest BCUT2D eigenvalue weighted by Crippen LogP contribution is 2.49. The van der Waals surface area contributed by atoms with Gasteiger partial charge in [-0.15, -0.1) is 11.3 Å². The van der Waals surface area contributed by atoms with Gasteiger partial charge in [-0.3, -0.25) is 4.79 Å². The number of benzene rings is 1. The molecule has 0 N–H and O–H groups in total. The van der Waals surface area contributed by atoms with Crippen molar-refractivity contribution < 1.29 is 9.53 Å². The molecule has 1 fully saturated rings. The lowest BCUT2D eigenvalue weighted by molar-refractivity contribution is -0.133. The normalized spacial score (nSPS) is 16.8. The average molecular weight is 330 g/mol. The van der Waals surface area contributed by atoms with Gasteiger partial charge in [0.1, 0.15) is 11.1 Å². The number of rotatable bonds is 6. The van der Waals surface area contributed by atoms with E-state index in [1.165, 1.54) is 0 Å². The maximum absolute atomic E-state index is 12.9. The standard InChI is InChI=1S/C18H22N2O2S/c1-13(22-3)16-19-15(12-23-16)11-20(2)17(21)18(9-10-18)14-7-5-4-6-8-14/h4-8,12-13H,9-11H2,1-3H3/t13-/m0/s1. The van der Waals surface area contributed by atoms with E-state index in [0.717, 1.165) is 29.1 Å². The molecule has 122 valence electrons. The van der Waals surface area contributed by atoms with Gasteiger partial charge in [-0.1, -0.05) is 30.3 Å². The summed E-state index contributed by atoms with van der Waals surface area (Å²) in [7, 11) is 3.54. The number of carbonyl (C=O) groups excluding carboxylic acids is 1. The van der Waals surface area contributed by atoms with Crippen LogP contribution in [0.1, 0.15) is 42.1 Å². The molecule has 1 atom stereocenters. The van der Waals surface area contributed by atoms with Crippen LogP contribution < -0.4 is 0 Å². The fraction of sp³-hybridized carbons (Fsp3) is 0.444. The van der Waals surface area contributed by atoms with Crippen molar-refractivity contribution in [3.63, 3.8) is 0 Å². The number of hydrogen-bond acceptors (Lipinski definition) is 4. The van der Waals surface area contributed by atoms with Gasteiger partial charge in [0.15, 0.2) is 0 Å². The minimum Gasteiger partial charge on any atom is -0.375 e. The Kier molecular flexibility index (Phi) is 4.50. The molecule has 0 saturated heterocycles. The largest absolute Gasteiger partial charge is 0.375 e. The summed E-state index contributed by atoms with van der Waals surface area (Å²) in [4.78, 5) is 19.3. The molecule has 1 aliphatic carbocycles. The summed E-state index contributed by atoms with van der Waals surface area (Å²) in [6.45, 7) is 2.52. The summed E-state index contributed by atoms with van der Waals surface area (Å²) in [5.74, 6) is 0.193. The fourth-order valence-corrected chi connectivity index (χ4v) is 3.71. The van der Waals surface area contributed by atoms with Crippen molar-refractivity contribution in [1.82, 2.24) is 9.88 Å². The number of aromatic nitrogens is 1. The number of hydrogen-bond donors (Lipinski definition) is 0. The van der Waals surface area contributed by atoms with E-state index >= 15 is 0 Å². The van der Waals surface area contributed by atoms with Gasteiger partial charge in [-0.25, -0.2) is 4.98 Å². The average Bonchev–Trinajstić information content (AvgIpc) is 3.27. The third-order valence-corrected chi connectivity index (χ3v) is 5.56. The van der Waals surface area contributed by atoms with Crippen LogP contribution >= 0.6 is 11.3 Å². The van der Waals surface area contributed by atoms with E-state index < -0.39 is 0 Å². The van der Waals surface area contributed by atoms with Crippen molar-refractivity contribution in [2.24, 2.45) is 0 Å². The first-order chi connectivity index (χ1) is 11.1. The summed E-state index contributed by atoms with van der Waals surface area (Å²) in [5.41, 5.74) is 1.74. The number of nitrogens with zero attached hydrogens (tertiary/aromatic N) is 2. The van der Waals surface area contributed by atoms with E-state index in [0.29, 0.717) is 6.54 Å². The summed E-state index contributed by atoms with van der Waals surface area (Å²) >= 11 is 1.58. The summed E-state index contributed by atoms with van der Waals surface area (Å²) in [6, 6.07) is 10.1. The molecule has 1 aromatic heterocycles. The summed E-state index contributed by atoms with van der Waals surface area (Å²) in [6.07, 6.45) is 1.86. The predicted molar refractivity (Wildman–Crippen MR) is 91.4 cm³/mol. The molecular formula is C18H22N2O2S. The number of methoxy groups -OCH3 is 1. The van der Waals surface area contributed by atoms with Crippen molar-refractivity contribution in [3.05, 3.63) is 52.0 Å². The van der Waals surface area contributed by atoms with Crippen molar-refractivity contribution >= 4 is 17.2 Å². The first-order valence-electron chi connectivity index (χ1n) is 7.85. The van der Waals surface area contributed by atoms with Crippen molar-refractivity contribution in [2.45, 2.75) is 37.8 Å². The smallest absolute Gasteiger partial charge is 0.233 e. The molecule has 0 spiro atoms. The Morgan fingerprint density at radius 1 is 1.39 bits per heavy atom. The number of amides is 1. The number of likely N-dealkylation sites (N-methyl/N-ethyl adjacent to an activating group) is 1. The Morgan fingerprint density at radius 3 is 2.70 bits per heavy atom. The van der Waals surface area contributed by atoms with Gasteiger partial charge in [0.25, 0.3) is 0 Å². The molecule has 0 aliphatic heterocycles. The molecule has 23 heavy (non-hydrogen) atoms. The lowest BCUT2D eigenvalue weighted by Gasteiger charge is -2.23. The molecule has 1 aliphatic rings. The zero-order valence-corrected chi connectivity index (χ0v) is 14.6. The molecule has 0 bridgehead atoms. The highest BCUT2D eigenvalue weighted by Gasteiger charge is 2.52. The van der Waals surface area contributed by atoms with Crippen LogP contribution in [0.3, 0.4) is 0 Å². The lowest BCUT2D eigenvalue weighted by Crippen LogP contribution is -2.36. The highest BCUT2D eigenvalue weighted by molar-refractivity contribution is 7.09. The van der Waals surface area contributed by atoms with E-state index in [1.54, 1.807) is 23.3 Å². The van der Waals surface area contributed by atoms with Crippen molar-refractivity contribution in [2.75, 3.05) is 14.2 Å². The van der Waals surface area contributed by atoms with Crippen molar-refractivity contribution in [1.29, 1.82) is 0 Å². The molecular weight excluding hydrogens is 308 g/mol. The van der Waals surface area contributed by atoms with Gasteiger partial charge in [-0.2, -0.15) is 0 Å². The zero-order valence-electron chi connectivity index (χ0n) is 13.8. The first-order valence-corrected chi connectivity index (χ1v) is 8.73. The minimum absolute atomic E-state index is 0.00569. The molecule has 4 nitrogen and oxygen atoms in total. The Bertz CT molecular complexity index is 679. The highest BCUT2D eigenvalue weighted by atomic mass is 32.1. The predicted octanol–water partition coefficient (Wildman–Crippen LogP) is 3.54. The molecule has 1 saturated carbocycles. The van der Waals surface area contributed by atoms with Gasteiger partial charge < -0.3 is 9.64 Å². The maximum atomic E-state index is 12.9. The van der Waals surface area contributed by atoms with Crippen LogP contribution in [0, 0.1) is 0 Å². The lowest BCUT2D eigenvalue weighted by atomic mass is 9.94. The van der Waals surface area contributed by atoms with Gasteiger partial charge in [0, 0.05) is 19.5 Å². The van der Waals surface area contributed by atoms with Crippen LogP contribution in [-0.2, 0) is 21.5 Å². The first kappa shape index (κ1) is 16.1. The third-order valence-electron chi connectivity index (χ3n) is 4.50. The maximum Gasteiger partial charge on any atom is 0.233 e. The Balaban J connectivity index is 1.70. The second-order valence-corrected chi connectivity index (χ2v) is 7.05. The molecule has 0 radical (unpaired) electrons. The van der Waals surface area contributed by atoms with Crippen LogP contribution in [0.15, 0.2) is 35.7 Å². The number of thiazole rings is 1. The van der Waals surface area contributed by atoms with E-state index in [2.05, 4.69) is 17.1 Å². The monoisotopic (exact) mass is 330 g/mol. The fourth-order valence-electron chi connectivity index (χ4n) is 2.87. The summed E-state index contributed by atoms with van der Waals surface area (Å²) in [5, 5.41) is 2.96. The minimum atomic E-state index is -0.311. The van der Waals surface area contributed by atoms with Gasteiger partial charge in [-0.05, 0) is 25.3 Å².